The second kappa shape index (κ2) is 14.4. The molecule has 1 fully saturated rings. The van der Waals surface area contributed by atoms with Crippen LogP contribution in [0.25, 0.3) is 0 Å². The molecule has 32 heavy (non-hydrogen) atoms. The molecule has 5 heteroatoms. The Bertz CT molecular complexity index is 608. The zero-order valence-corrected chi connectivity index (χ0v) is 22.1. The van der Waals surface area contributed by atoms with E-state index in [1.54, 1.807) is 12.1 Å². The van der Waals surface area contributed by atoms with Crippen LogP contribution >= 0.6 is 11.9 Å². The molecule has 4 nitrogen and oxygen atoms in total. The number of phenols is 1. The normalized spacial score (nSPS) is 15.8. The topological polar surface area (TPSA) is 47.5 Å². The summed E-state index contributed by atoms with van der Waals surface area (Å²) in [6, 6.07) is 8.01. The van der Waals surface area contributed by atoms with Gasteiger partial charge in [0.15, 0.2) is 0 Å². The molecule has 0 amide bonds. The van der Waals surface area contributed by atoms with Gasteiger partial charge in [-0.3, -0.25) is 0 Å². The number of nitrogens with one attached hydrogen (secondary N) is 2. The molecule has 0 bridgehead atoms. The summed E-state index contributed by atoms with van der Waals surface area (Å²) < 4.78 is 2.64. The highest BCUT2D eigenvalue weighted by Crippen LogP contribution is 2.36. The fourth-order valence-electron chi connectivity index (χ4n) is 4.54. The number of hydrogen-bond acceptors (Lipinski definition) is 5. The fourth-order valence-corrected chi connectivity index (χ4v) is 5.96. The summed E-state index contributed by atoms with van der Waals surface area (Å²) in [6.07, 6.45) is 12.0. The van der Waals surface area contributed by atoms with Crippen molar-refractivity contribution < 1.29 is 5.11 Å². The zero-order valence-electron chi connectivity index (χ0n) is 21.3. The summed E-state index contributed by atoms with van der Waals surface area (Å²) in [5.41, 5.74) is 1.26. The third kappa shape index (κ3) is 9.93. The van der Waals surface area contributed by atoms with Gasteiger partial charge in [-0.1, -0.05) is 78.2 Å². The Morgan fingerprint density at radius 1 is 1.06 bits per heavy atom. The van der Waals surface area contributed by atoms with E-state index in [0.717, 1.165) is 36.5 Å². The van der Waals surface area contributed by atoms with Gasteiger partial charge in [0.1, 0.15) is 5.75 Å². The van der Waals surface area contributed by atoms with Crippen molar-refractivity contribution in [2.24, 2.45) is 11.3 Å². The van der Waals surface area contributed by atoms with Crippen LogP contribution in [0.1, 0.15) is 85.5 Å². The van der Waals surface area contributed by atoms with Gasteiger partial charge in [-0.25, -0.2) is 4.31 Å². The maximum atomic E-state index is 9.53. The van der Waals surface area contributed by atoms with E-state index >= 15 is 0 Å². The lowest BCUT2D eigenvalue weighted by molar-refractivity contribution is 0.153. The van der Waals surface area contributed by atoms with Gasteiger partial charge in [0.05, 0.1) is 0 Å². The first-order valence-electron chi connectivity index (χ1n) is 13.0. The summed E-state index contributed by atoms with van der Waals surface area (Å²) in [4.78, 5) is 0. The number of phenolic OH excluding ortho intramolecular Hbond substituents is 1. The molecule has 1 saturated heterocycles. The third-order valence-corrected chi connectivity index (χ3v) is 8.17. The number of rotatable bonds is 17. The number of anilines is 1. The maximum Gasteiger partial charge on any atom is 0.115 e. The Morgan fingerprint density at radius 3 is 2.16 bits per heavy atom. The minimum absolute atomic E-state index is 0.187. The van der Waals surface area contributed by atoms with Crippen LogP contribution in [0.5, 0.6) is 5.75 Å². The zero-order chi connectivity index (χ0) is 23.4. The van der Waals surface area contributed by atoms with Crippen molar-refractivity contribution >= 4 is 17.6 Å². The highest BCUT2D eigenvalue weighted by molar-refractivity contribution is 7.97. The highest BCUT2D eigenvalue weighted by Gasteiger charge is 2.35. The van der Waals surface area contributed by atoms with E-state index in [2.05, 4.69) is 61.6 Å². The van der Waals surface area contributed by atoms with E-state index in [0.29, 0.717) is 11.8 Å². The van der Waals surface area contributed by atoms with Crippen LogP contribution in [0, 0.1) is 11.3 Å². The molecule has 1 heterocycles. The largest absolute Gasteiger partial charge is 0.508 e. The first kappa shape index (κ1) is 27.3. The molecule has 2 rings (SSSR count). The quantitative estimate of drug-likeness (QED) is 0.133. The predicted molar refractivity (Wildman–Crippen MR) is 143 cm³/mol. The van der Waals surface area contributed by atoms with Crippen LogP contribution in [0.15, 0.2) is 24.3 Å². The monoisotopic (exact) mass is 463 g/mol. The Labute approximate surface area is 202 Å². The molecule has 184 valence electrons. The van der Waals surface area contributed by atoms with Gasteiger partial charge in [0.2, 0.25) is 0 Å². The summed E-state index contributed by atoms with van der Waals surface area (Å²) in [5.74, 6) is 1.06. The standard InChI is InChI=1S/C27H49N3OS/c1-6-8-10-12-25(13-11-9-7-2)32-30(5)26(22-19-28-20-22)18-27(3,4)21-29-23-14-16-24(31)17-15-23/h14-17,22,25-26,28-29,31H,6-13,18-21H2,1-5H3. The molecular weight excluding hydrogens is 414 g/mol. The molecule has 0 spiro atoms. The van der Waals surface area contributed by atoms with Crippen molar-refractivity contribution in [3.63, 3.8) is 0 Å². The first-order chi connectivity index (χ1) is 15.3. The first-order valence-corrected chi connectivity index (χ1v) is 13.8. The summed E-state index contributed by atoms with van der Waals surface area (Å²) in [7, 11) is 2.35. The minimum Gasteiger partial charge on any atom is -0.508 e. The maximum absolute atomic E-state index is 9.53. The van der Waals surface area contributed by atoms with Crippen molar-refractivity contribution in [2.75, 3.05) is 32.0 Å². The van der Waals surface area contributed by atoms with Gasteiger partial charge in [0.25, 0.3) is 0 Å². The summed E-state index contributed by atoms with van der Waals surface area (Å²) in [6.45, 7) is 12.6. The van der Waals surface area contributed by atoms with Crippen molar-refractivity contribution in [3.8, 4) is 5.75 Å². The van der Waals surface area contributed by atoms with Crippen LogP contribution in [0.2, 0.25) is 0 Å². The summed E-state index contributed by atoms with van der Waals surface area (Å²) in [5, 5.41) is 17.4. The van der Waals surface area contributed by atoms with Crippen LogP contribution in [-0.4, -0.2) is 47.4 Å². The SMILES string of the molecule is CCCCCC(CCCCC)SN(C)C(CC(C)(C)CNc1ccc(O)cc1)C1CNC1. The number of aromatic hydroxyl groups is 1. The van der Waals surface area contributed by atoms with Crippen LogP contribution < -0.4 is 10.6 Å². The second-order valence-electron chi connectivity index (χ2n) is 10.5. The van der Waals surface area contributed by atoms with Crippen molar-refractivity contribution in [2.45, 2.75) is 96.8 Å². The Morgan fingerprint density at radius 2 is 1.66 bits per heavy atom. The molecular formula is C27H49N3OS. The van der Waals surface area contributed by atoms with Gasteiger partial charge in [-0.2, -0.15) is 0 Å². The van der Waals surface area contributed by atoms with Crippen LogP contribution in [-0.2, 0) is 0 Å². The van der Waals surface area contributed by atoms with E-state index in [1.165, 1.54) is 57.8 Å². The van der Waals surface area contributed by atoms with E-state index in [9.17, 15) is 5.11 Å². The fraction of sp³-hybridized carbons (Fsp3) is 0.778. The minimum atomic E-state index is 0.187. The average Bonchev–Trinajstić information content (AvgIpc) is 2.71. The summed E-state index contributed by atoms with van der Waals surface area (Å²) >= 11 is 2.15. The molecule has 0 aliphatic carbocycles. The van der Waals surface area contributed by atoms with Crippen molar-refractivity contribution in [3.05, 3.63) is 24.3 Å². The number of nitrogens with zero attached hydrogens (tertiary/aromatic N) is 1. The highest BCUT2D eigenvalue weighted by atomic mass is 32.2. The third-order valence-electron chi connectivity index (χ3n) is 6.80. The van der Waals surface area contributed by atoms with Gasteiger partial charge < -0.3 is 15.7 Å². The molecule has 3 N–H and O–H groups in total. The molecule has 0 saturated carbocycles. The lowest BCUT2D eigenvalue weighted by atomic mass is 9.79. The average molecular weight is 464 g/mol. The number of benzene rings is 1. The lowest BCUT2D eigenvalue weighted by Crippen LogP contribution is -2.54. The number of hydrogen-bond donors (Lipinski definition) is 3. The van der Waals surface area contributed by atoms with Gasteiger partial charge in [0, 0.05) is 42.5 Å². The van der Waals surface area contributed by atoms with E-state index in [-0.39, 0.29) is 5.41 Å². The number of unbranched alkanes of at least 4 members (excludes halogenated alkanes) is 4. The van der Waals surface area contributed by atoms with E-state index in [4.69, 9.17) is 0 Å². The predicted octanol–water partition coefficient (Wildman–Crippen LogP) is 6.92. The molecule has 1 aromatic rings. The van der Waals surface area contributed by atoms with Gasteiger partial charge >= 0.3 is 0 Å². The Balaban J connectivity index is 1.95. The van der Waals surface area contributed by atoms with Crippen molar-refractivity contribution in [1.29, 1.82) is 0 Å². The van der Waals surface area contributed by atoms with E-state index in [1.807, 2.05) is 12.1 Å². The molecule has 1 atom stereocenters. The van der Waals surface area contributed by atoms with Crippen molar-refractivity contribution in [1.82, 2.24) is 9.62 Å². The molecule has 1 aliphatic rings. The van der Waals surface area contributed by atoms with Crippen LogP contribution in [0.4, 0.5) is 5.69 Å². The second-order valence-corrected chi connectivity index (χ2v) is 12.0. The molecule has 1 aliphatic heterocycles. The molecule has 1 aromatic carbocycles. The van der Waals surface area contributed by atoms with Gasteiger partial charge in [-0.15, -0.1) is 0 Å². The van der Waals surface area contributed by atoms with Gasteiger partial charge in [-0.05, 0) is 56.0 Å². The van der Waals surface area contributed by atoms with Crippen LogP contribution in [0.3, 0.4) is 0 Å². The Hall–Kier alpha value is -0.910. The smallest absolute Gasteiger partial charge is 0.115 e. The molecule has 1 unspecified atom stereocenters. The Kier molecular flexibility index (Phi) is 12.3. The lowest BCUT2D eigenvalue weighted by Gasteiger charge is -2.44. The molecule has 0 radical (unpaired) electrons. The van der Waals surface area contributed by atoms with E-state index < -0.39 is 0 Å². The molecule has 0 aromatic heterocycles.